The molecule has 0 aliphatic carbocycles. The normalized spacial score (nSPS) is 16.2. The maximum absolute atomic E-state index is 9.95. The third-order valence-corrected chi connectivity index (χ3v) is 4.92. The standard InChI is InChI=1S/C20H13BrN2O2/c21-13-5-1-12(2-6-13)18-16(10-22)20(23)25-17-8-4-11-3-7-14(24)9-15(11)19(17)18/h1-9,18,24H,23H2. The first kappa shape index (κ1) is 15.6. The van der Waals surface area contributed by atoms with Gasteiger partial charge in [-0.25, -0.2) is 0 Å². The zero-order chi connectivity index (χ0) is 17.6. The fraction of sp³-hybridized carbons (Fsp3) is 0.0500. The van der Waals surface area contributed by atoms with E-state index in [-0.39, 0.29) is 17.6 Å². The molecule has 4 rings (SSSR count). The van der Waals surface area contributed by atoms with Crippen molar-refractivity contribution < 1.29 is 9.84 Å². The van der Waals surface area contributed by atoms with Crippen LogP contribution in [-0.4, -0.2) is 5.11 Å². The largest absolute Gasteiger partial charge is 0.508 e. The van der Waals surface area contributed by atoms with Crippen molar-refractivity contribution in [2.24, 2.45) is 5.73 Å². The van der Waals surface area contributed by atoms with E-state index in [1.54, 1.807) is 12.1 Å². The number of nitriles is 1. The number of phenols is 1. The van der Waals surface area contributed by atoms with E-state index in [2.05, 4.69) is 22.0 Å². The van der Waals surface area contributed by atoms with E-state index in [0.717, 1.165) is 26.4 Å². The topological polar surface area (TPSA) is 79.3 Å². The van der Waals surface area contributed by atoms with Gasteiger partial charge in [0.2, 0.25) is 5.88 Å². The molecule has 0 fully saturated rings. The van der Waals surface area contributed by atoms with Crippen LogP contribution in [0, 0.1) is 11.3 Å². The molecule has 3 N–H and O–H groups in total. The lowest BCUT2D eigenvalue weighted by molar-refractivity contribution is 0.395. The lowest BCUT2D eigenvalue weighted by Crippen LogP contribution is -2.21. The van der Waals surface area contributed by atoms with Crippen molar-refractivity contribution in [3.8, 4) is 17.6 Å². The van der Waals surface area contributed by atoms with Crippen LogP contribution >= 0.6 is 15.9 Å². The van der Waals surface area contributed by atoms with Gasteiger partial charge >= 0.3 is 0 Å². The van der Waals surface area contributed by atoms with Gasteiger partial charge in [0, 0.05) is 10.0 Å². The molecule has 1 atom stereocenters. The molecule has 122 valence electrons. The van der Waals surface area contributed by atoms with Crippen molar-refractivity contribution in [2.45, 2.75) is 5.92 Å². The molecule has 0 aromatic heterocycles. The Kier molecular flexibility index (Phi) is 3.63. The summed E-state index contributed by atoms with van der Waals surface area (Å²) in [6, 6.07) is 18.9. The Labute approximate surface area is 152 Å². The fourth-order valence-electron chi connectivity index (χ4n) is 3.27. The van der Waals surface area contributed by atoms with Crippen molar-refractivity contribution in [3.05, 3.63) is 81.7 Å². The highest BCUT2D eigenvalue weighted by atomic mass is 79.9. The Bertz CT molecular complexity index is 1070. The third-order valence-electron chi connectivity index (χ3n) is 4.39. The van der Waals surface area contributed by atoms with E-state index in [1.807, 2.05) is 42.5 Å². The molecule has 0 bridgehead atoms. The number of nitrogens with two attached hydrogens (primary N) is 1. The van der Waals surface area contributed by atoms with Crippen LogP contribution in [0.3, 0.4) is 0 Å². The first-order chi connectivity index (χ1) is 12.1. The number of rotatable bonds is 1. The predicted octanol–water partition coefficient (Wildman–Crippen LogP) is 4.53. The molecular formula is C20H13BrN2O2. The van der Waals surface area contributed by atoms with Crippen molar-refractivity contribution in [1.29, 1.82) is 5.26 Å². The summed E-state index contributed by atoms with van der Waals surface area (Å²) in [5.74, 6) is 0.522. The SMILES string of the molecule is N#CC1=C(N)Oc2ccc3ccc(O)cc3c2C1c1ccc(Br)cc1. The summed E-state index contributed by atoms with van der Waals surface area (Å²) < 4.78 is 6.66. The molecule has 4 nitrogen and oxygen atoms in total. The molecule has 1 heterocycles. The number of fused-ring (bicyclic) bond motifs is 3. The Morgan fingerprint density at radius 2 is 1.80 bits per heavy atom. The van der Waals surface area contributed by atoms with Crippen molar-refractivity contribution >= 4 is 26.7 Å². The van der Waals surface area contributed by atoms with Crippen LogP contribution in [0.25, 0.3) is 10.8 Å². The Hall–Kier alpha value is -2.97. The van der Waals surface area contributed by atoms with E-state index in [4.69, 9.17) is 10.5 Å². The monoisotopic (exact) mass is 392 g/mol. The summed E-state index contributed by atoms with van der Waals surface area (Å²) in [7, 11) is 0. The second-order valence-corrected chi connectivity index (χ2v) is 6.77. The summed E-state index contributed by atoms with van der Waals surface area (Å²) in [6.45, 7) is 0. The lowest BCUT2D eigenvalue weighted by atomic mass is 9.81. The summed E-state index contributed by atoms with van der Waals surface area (Å²) in [4.78, 5) is 0. The molecule has 3 aromatic carbocycles. The fourth-order valence-corrected chi connectivity index (χ4v) is 3.53. The van der Waals surface area contributed by atoms with Gasteiger partial charge in [0.25, 0.3) is 0 Å². The molecule has 1 aliphatic rings. The van der Waals surface area contributed by atoms with E-state index in [9.17, 15) is 10.4 Å². The Morgan fingerprint density at radius 3 is 2.52 bits per heavy atom. The van der Waals surface area contributed by atoms with Gasteiger partial charge in [-0.3, -0.25) is 0 Å². The summed E-state index contributed by atoms with van der Waals surface area (Å²) in [6.07, 6.45) is 0. The van der Waals surface area contributed by atoms with E-state index < -0.39 is 0 Å². The molecule has 0 saturated carbocycles. The first-order valence-electron chi connectivity index (χ1n) is 7.67. The highest BCUT2D eigenvalue weighted by molar-refractivity contribution is 9.10. The van der Waals surface area contributed by atoms with Gasteiger partial charge in [-0.15, -0.1) is 0 Å². The van der Waals surface area contributed by atoms with Crippen LogP contribution in [0.5, 0.6) is 11.5 Å². The van der Waals surface area contributed by atoms with Crippen LogP contribution in [0.4, 0.5) is 0 Å². The molecule has 3 aromatic rings. The molecule has 25 heavy (non-hydrogen) atoms. The minimum atomic E-state index is -0.354. The molecule has 1 unspecified atom stereocenters. The van der Waals surface area contributed by atoms with Crippen LogP contribution in [0.1, 0.15) is 17.0 Å². The maximum Gasteiger partial charge on any atom is 0.205 e. The number of nitrogens with zero attached hydrogens (tertiary/aromatic N) is 1. The van der Waals surface area contributed by atoms with Crippen molar-refractivity contribution in [1.82, 2.24) is 0 Å². The van der Waals surface area contributed by atoms with Gasteiger partial charge in [-0.1, -0.05) is 40.2 Å². The van der Waals surface area contributed by atoms with Gasteiger partial charge in [0.15, 0.2) is 0 Å². The average molecular weight is 393 g/mol. The molecule has 0 amide bonds. The van der Waals surface area contributed by atoms with Gasteiger partial charge < -0.3 is 15.6 Å². The molecule has 0 radical (unpaired) electrons. The molecular weight excluding hydrogens is 380 g/mol. The smallest absolute Gasteiger partial charge is 0.205 e. The predicted molar refractivity (Wildman–Crippen MR) is 99.1 cm³/mol. The van der Waals surface area contributed by atoms with Crippen molar-refractivity contribution in [2.75, 3.05) is 0 Å². The Balaban J connectivity index is 2.06. The van der Waals surface area contributed by atoms with E-state index in [0.29, 0.717) is 11.3 Å². The number of allylic oxidation sites excluding steroid dienone is 1. The molecule has 0 saturated heterocycles. The van der Waals surface area contributed by atoms with Gasteiger partial charge in [0.05, 0.1) is 5.92 Å². The number of hydrogen-bond donors (Lipinski definition) is 2. The van der Waals surface area contributed by atoms with Crippen LogP contribution in [-0.2, 0) is 0 Å². The Morgan fingerprint density at radius 1 is 1.08 bits per heavy atom. The first-order valence-corrected chi connectivity index (χ1v) is 8.46. The second-order valence-electron chi connectivity index (χ2n) is 5.86. The summed E-state index contributed by atoms with van der Waals surface area (Å²) >= 11 is 3.44. The number of hydrogen-bond acceptors (Lipinski definition) is 4. The summed E-state index contributed by atoms with van der Waals surface area (Å²) in [5, 5.41) is 21.4. The average Bonchev–Trinajstić information content (AvgIpc) is 2.61. The molecule has 1 aliphatic heterocycles. The lowest BCUT2D eigenvalue weighted by Gasteiger charge is -2.28. The third kappa shape index (κ3) is 2.51. The van der Waals surface area contributed by atoms with Gasteiger partial charge in [-0.05, 0) is 46.7 Å². The quantitative estimate of drug-likeness (QED) is 0.637. The minimum Gasteiger partial charge on any atom is -0.508 e. The number of ether oxygens (including phenoxy) is 1. The van der Waals surface area contributed by atoms with Gasteiger partial charge in [0.1, 0.15) is 23.1 Å². The highest BCUT2D eigenvalue weighted by Gasteiger charge is 2.32. The maximum atomic E-state index is 9.95. The van der Waals surface area contributed by atoms with Crippen molar-refractivity contribution in [3.63, 3.8) is 0 Å². The van der Waals surface area contributed by atoms with Crippen LogP contribution < -0.4 is 10.5 Å². The second kappa shape index (κ2) is 5.83. The molecule has 0 spiro atoms. The minimum absolute atomic E-state index is 0.113. The van der Waals surface area contributed by atoms with E-state index in [1.165, 1.54) is 0 Å². The highest BCUT2D eigenvalue weighted by Crippen LogP contribution is 2.46. The number of halogens is 1. The number of aromatic hydroxyl groups is 1. The van der Waals surface area contributed by atoms with E-state index >= 15 is 0 Å². The molecule has 5 heteroatoms. The zero-order valence-corrected chi connectivity index (χ0v) is 14.6. The van der Waals surface area contributed by atoms with Crippen LogP contribution in [0.2, 0.25) is 0 Å². The zero-order valence-electron chi connectivity index (χ0n) is 13.0. The van der Waals surface area contributed by atoms with Gasteiger partial charge in [-0.2, -0.15) is 5.26 Å². The van der Waals surface area contributed by atoms with Crippen LogP contribution in [0.15, 0.2) is 70.5 Å². The number of phenolic OH excluding ortho intramolecular Hbond substituents is 1. The number of benzene rings is 3. The summed E-state index contributed by atoms with van der Waals surface area (Å²) in [5.41, 5.74) is 8.15.